The first-order chi connectivity index (χ1) is 9.19. The summed E-state index contributed by atoms with van der Waals surface area (Å²) in [6.07, 6.45) is 3.79. The molecule has 1 aliphatic heterocycles. The molecule has 1 N–H and O–H groups in total. The number of nitrogens with zero attached hydrogens (tertiary/aromatic N) is 1. The van der Waals surface area contributed by atoms with Crippen LogP contribution in [-0.4, -0.2) is 15.7 Å². The van der Waals surface area contributed by atoms with Gasteiger partial charge in [-0.3, -0.25) is 14.9 Å². The van der Waals surface area contributed by atoms with Crippen LogP contribution in [0.3, 0.4) is 0 Å². The molecule has 1 aromatic carbocycles. The van der Waals surface area contributed by atoms with E-state index in [1.54, 1.807) is 6.08 Å². The van der Waals surface area contributed by atoms with Gasteiger partial charge in [-0.25, -0.2) is 0 Å². The van der Waals surface area contributed by atoms with Crippen molar-refractivity contribution in [2.75, 3.05) is 0 Å². The van der Waals surface area contributed by atoms with Crippen LogP contribution < -0.4 is 5.32 Å². The van der Waals surface area contributed by atoms with E-state index in [9.17, 15) is 9.59 Å². The van der Waals surface area contributed by atoms with Crippen LogP contribution in [0.4, 0.5) is 4.79 Å². The van der Waals surface area contributed by atoms with Crippen molar-refractivity contribution in [3.05, 3.63) is 40.9 Å². The number of carbonyl (C=O) groups is 2. The Hall–Kier alpha value is -2.01. The number of nitrogens with one attached hydrogen (secondary N) is 1. The highest BCUT2D eigenvalue weighted by Gasteiger charge is 2.25. The van der Waals surface area contributed by atoms with E-state index in [4.69, 9.17) is 0 Å². The maximum atomic E-state index is 11.6. The summed E-state index contributed by atoms with van der Waals surface area (Å²) < 4.78 is 2.13. The van der Waals surface area contributed by atoms with Crippen molar-refractivity contribution in [3.63, 3.8) is 0 Å². The molecule has 0 aliphatic carbocycles. The van der Waals surface area contributed by atoms with Gasteiger partial charge < -0.3 is 4.57 Å². The first kappa shape index (κ1) is 12.0. The van der Waals surface area contributed by atoms with Crippen molar-refractivity contribution >= 4 is 39.9 Å². The standard InChI is InChI=1S/C14H12N2O2S/c1-2-16-8-9(10-5-3-4-6-11(10)16)7-12-13(17)15-14(18)19-12/h3-8H,2H2,1H3,(H,15,17,18)/b12-7-. The van der Waals surface area contributed by atoms with Crippen LogP contribution in [0.1, 0.15) is 12.5 Å². The summed E-state index contributed by atoms with van der Waals surface area (Å²) in [6, 6.07) is 8.03. The number of aryl methyl sites for hydroxylation is 1. The summed E-state index contributed by atoms with van der Waals surface area (Å²) in [5.41, 5.74) is 2.09. The predicted molar refractivity (Wildman–Crippen MR) is 76.7 cm³/mol. The minimum atomic E-state index is -0.316. The molecule has 5 heteroatoms. The number of hydrogen-bond donors (Lipinski definition) is 1. The van der Waals surface area contributed by atoms with Gasteiger partial charge in [-0.2, -0.15) is 0 Å². The number of imide groups is 1. The van der Waals surface area contributed by atoms with Crippen LogP contribution >= 0.6 is 11.8 Å². The maximum Gasteiger partial charge on any atom is 0.290 e. The molecule has 1 saturated heterocycles. The maximum absolute atomic E-state index is 11.6. The zero-order valence-corrected chi connectivity index (χ0v) is 11.2. The molecule has 0 radical (unpaired) electrons. The van der Waals surface area contributed by atoms with Gasteiger partial charge in [0.25, 0.3) is 11.1 Å². The average molecular weight is 272 g/mol. The second-order valence-electron chi connectivity index (χ2n) is 4.24. The normalized spacial score (nSPS) is 17.4. The first-order valence-electron chi connectivity index (χ1n) is 6.02. The fraction of sp³-hybridized carbons (Fsp3) is 0.143. The zero-order valence-electron chi connectivity index (χ0n) is 10.3. The Morgan fingerprint density at radius 3 is 2.79 bits per heavy atom. The Labute approximate surface area is 114 Å². The fourth-order valence-electron chi connectivity index (χ4n) is 2.21. The second-order valence-corrected chi connectivity index (χ2v) is 5.25. The van der Waals surface area contributed by atoms with Gasteiger partial charge >= 0.3 is 0 Å². The van der Waals surface area contributed by atoms with Crippen molar-refractivity contribution < 1.29 is 9.59 Å². The van der Waals surface area contributed by atoms with E-state index >= 15 is 0 Å². The van der Waals surface area contributed by atoms with Gasteiger partial charge in [-0.1, -0.05) is 18.2 Å². The topological polar surface area (TPSA) is 51.1 Å². The van der Waals surface area contributed by atoms with Crippen molar-refractivity contribution in [1.29, 1.82) is 0 Å². The third-order valence-corrected chi connectivity index (χ3v) is 3.90. The van der Waals surface area contributed by atoms with E-state index in [0.29, 0.717) is 4.91 Å². The summed E-state index contributed by atoms with van der Waals surface area (Å²) in [5.74, 6) is -0.316. The van der Waals surface area contributed by atoms with Crippen LogP contribution in [0.2, 0.25) is 0 Å². The molecule has 3 rings (SSSR count). The molecule has 0 bridgehead atoms. The number of hydrogen-bond acceptors (Lipinski definition) is 3. The highest BCUT2D eigenvalue weighted by Crippen LogP contribution is 2.29. The van der Waals surface area contributed by atoms with Crippen LogP contribution in [0.25, 0.3) is 17.0 Å². The molecular formula is C14H12N2O2S. The Bertz CT molecular complexity index is 715. The molecule has 19 heavy (non-hydrogen) atoms. The first-order valence-corrected chi connectivity index (χ1v) is 6.83. The van der Waals surface area contributed by atoms with Gasteiger partial charge in [-0.05, 0) is 30.8 Å². The molecule has 0 atom stereocenters. The Morgan fingerprint density at radius 2 is 2.11 bits per heavy atom. The number of carbonyl (C=O) groups excluding carboxylic acids is 2. The minimum absolute atomic E-state index is 0.310. The number of fused-ring (bicyclic) bond motifs is 1. The number of rotatable bonds is 2. The van der Waals surface area contributed by atoms with E-state index < -0.39 is 0 Å². The fourth-order valence-corrected chi connectivity index (χ4v) is 2.89. The Kier molecular flexibility index (Phi) is 2.91. The van der Waals surface area contributed by atoms with E-state index in [0.717, 1.165) is 34.8 Å². The smallest absolute Gasteiger partial charge is 0.290 e. The third-order valence-electron chi connectivity index (χ3n) is 3.09. The molecule has 1 aliphatic rings. The van der Waals surface area contributed by atoms with E-state index in [2.05, 4.69) is 16.8 Å². The third kappa shape index (κ3) is 2.06. The Morgan fingerprint density at radius 1 is 1.32 bits per heavy atom. The number of benzene rings is 1. The van der Waals surface area contributed by atoms with Crippen LogP contribution in [0, 0.1) is 0 Å². The van der Waals surface area contributed by atoms with Crippen molar-refractivity contribution in [2.45, 2.75) is 13.5 Å². The largest absolute Gasteiger partial charge is 0.347 e. The number of para-hydroxylation sites is 1. The van der Waals surface area contributed by atoms with Crippen LogP contribution in [0.5, 0.6) is 0 Å². The van der Waals surface area contributed by atoms with Gasteiger partial charge in [-0.15, -0.1) is 0 Å². The molecule has 0 saturated carbocycles. The zero-order chi connectivity index (χ0) is 13.4. The molecule has 1 aromatic heterocycles. The van der Waals surface area contributed by atoms with Gasteiger partial charge in [0.15, 0.2) is 0 Å². The van der Waals surface area contributed by atoms with E-state index in [-0.39, 0.29) is 11.1 Å². The summed E-state index contributed by atoms with van der Waals surface area (Å²) in [4.78, 5) is 23.2. The average Bonchev–Trinajstić information content (AvgIpc) is 2.91. The monoisotopic (exact) mass is 272 g/mol. The lowest BCUT2D eigenvalue weighted by Crippen LogP contribution is -2.17. The van der Waals surface area contributed by atoms with Crippen molar-refractivity contribution in [3.8, 4) is 0 Å². The summed E-state index contributed by atoms with van der Waals surface area (Å²) in [7, 11) is 0. The molecule has 1 fully saturated rings. The molecule has 2 amide bonds. The quantitative estimate of drug-likeness (QED) is 0.855. The van der Waals surface area contributed by atoms with Crippen LogP contribution in [0.15, 0.2) is 35.4 Å². The second kappa shape index (κ2) is 4.59. The molecule has 4 nitrogen and oxygen atoms in total. The molecule has 0 unspecified atom stereocenters. The SMILES string of the molecule is CCn1cc(/C=C2\SC(=O)NC2=O)c2ccccc21. The van der Waals surface area contributed by atoms with E-state index in [1.165, 1.54) is 0 Å². The van der Waals surface area contributed by atoms with Gasteiger partial charge in [0.05, 0.1) is 4.91 Å². The van der Waals surface area contributed by atoms with Gasteiger partial charge in [0.2, 0.25) is 0 Å². The Balaban J connectivity index is 2.13. The summed E-state index contributed by atoms with van der Waals surface area (Å²) in [5, 5.41) is 3.04. The van der Waals surface area contributed by atoms with Gasteiger partial charge in [0.1, 0.15) is 0 Å². The molecular weight excluding hydrogens is 260 g/mol. The molecule has 2 heterocycles. The molecule has 96 valence electrons. The highest BCUT2D eigenvalue weighted by atomic mass is 32.2. The lowest BCUT2D eigenvalue weighted by molar-refractivity contribution is -0.115. The molecule has 2 aromatic rings. The number of aromatic nitrogens is 1. The van der Waals surface area contributed by atoms with Crippen molar-refractivity contribution in [1.82, 2.24) is 9.88 Å². The van der Waals surface area contributed by atoms with Crippen molar-refractivity contribution in [2.24, 2.45) is 0 Å². The lowest BCUT2D eigenvalue weighted by atomic mass is 10.1. The minimum Gasteiger partial charge on any atom is -0.347 e. The number of thioether (sulfide) groups is 1. The van der Waals surface area contributed by atoms with E-state index in [1.807, 2.05) is 30.5 Å². The highest BCUT2D eigenvalue weighted by molar-refractivity contribution is 8.18. The summed E-state index contributed by atoms with van der Waals surface area (Å²) >= 11 is 0.946. The number of amides is 2. The predicted octanol–water partition coefficient (Wildman–Crippen LogP) is 2.99. The molecule has 0 spiro atoms. The van der Waals surface area contributed by atoms with Crippen LogP contribution in [-0.2, 0) is 11.3 Å². The summed E-state index contributed by atoms with van der Waals surface area (Å²) in [6.45, 7) is 2.94. The van der Waals surface area contributed by atoms with Gasteiger partial charge in [0, 0.05) is 29.2 Å². The lowest BCUT2D eigenvalue weighted by Gasteiger charge is -1.97.